The van der Waals surface area contributed by atoms with Gasteiger partial charge in [0.2, 0.25) is 0 Å². The minimum Gasteiger partial charge on any atom is -0.484 e. The highest BCUT2D eigenvalue weighted by Crippen LogP contribution is 2.25. The minimum atomic E-state index is -0.184. The van der Waals surface area contributed by atoms with Crippen LogP contribution in [0, 0.1) is 13.8 Å². The quantitative estimate of drug-likeness (QED) is 0.918. The molecular weight excluding hydrogens is 238 g/mol. The van der Waals surface area contributed by atoms with E-state index in [-0.39, 0.29) is 12.1 Å². The molecule has 0 saturated heterocycles. The number of aromatic nitrogens is 2. The Balaban J connectivity index is 2.23. The molecule has 2 unspecified atom stereocenters. The van der Waals surface area contributed by atoms with Crippen molar-refractivity contribution in [3.8, 4) is 5.75 Å². The number of nitrogens with two attached hydrogens (primary N) is 1. The molecular formula is C15H21N3O. The van der Waals surface area contributed by atoms with Gasteiger partial charge < -0.3 is 10.5 Å². The maximum Gasteiger partial charge on any atom is 0.141 e. The van der Waals surface area contributed by atoms with E-state index in [1.165, 1.54) is 11.1 Å². The van der Waals surface area contributed by atoms with Crippen LogP contribution in [0.4, 0.5) is 0 Å². The Labute approximate surface area is 114 Å². The van der Waals surface area contributed by atoms with E-state index in [1.807, 2.05) is 32.3 Å². The van der Waals surface area contributed by atoms with Crippen LogP contribution in [0.25, 0.3) is 0 Å². The van der Waals surface area contributed by atoms with Gasteiger partial charge in [-0.2, -0.15) is 5.10 Å². The Hall–Kier alpha value is -1.81. The van der Waals surface area contributed by atoms with E-state index in [0.717, 1.165) is 11.3 Å². The predicted octanol–water partition coefficient (Wildman–Crippen LogP) is 2.50. The Morgan fingerprint density at radius 1 is 1.26 bits per heavy atom. The highest BCUT2D eigenvalue weighted by atomic mass is 16.5. The van der Waals surface area contributed by atoms with Gasteiger partial charge in [0.05, 0.1) is 6.20 Å². The van der Waals surface area contributed by atoms with Crippen LogP contribution in [-0.2, 0) is 7.05 Å². The lowest BCUT2D eigenvalue weighted by Gasteiger charge is -2.21. The summed E-state index contributed by atoms with van der Waals surface area (Å²) in [6.07, 6.45) is 3.56. The van der Waals surface area contributed by atoms with Crippen molar-refractivity contribution in [2.24, 2.45) is 12.8 Å². The number of benzene rings is 1. The van der Waals surface area contributed by atoms with Crippen LogP contribution in [-0.4, -0.2) is 15.8 Å². The van der Waals surface area contributed by atoms with Crippen molar-refractivity contribution in [3.05, 3.63) is 47.3 Å². The lowest BCUT2D eigenvalue weighted by molar-refractivity contribution is 0.180. The lowest BCUT2D eigenvalue weighted by atomic mass is 10.1. The molecule has 2 N–H and O–H groups in total. The molecule has 2 rings (SSSR count). The van der Waals surface area contributed by atoms with Gasteiger partial charge in [0.25, 0.3) is 0 Å². The van der Waals surface area contributed by atoms with E-state index in [9.17, 15) is 0 Å². The molecule has 0 aliphatic heterocycles. The molecule has 1 aromatic heterocycles. The van der Waals surface area contributed by atoms with E-state index >= 15 is 0 Å². The standard InChI is InChI=1S/C15H21N3O/c1-10-5-6-14(7-11(10)2)19-15(12(3)16)13-8-17-18(4)9-13/h5-9,12,15H,16H2,1-4H3. The first-order valence-corrected chi connectivity index (χ1v) is 6.45. The summed E-state index contributed by atoms with van der Waals surface area (Å²) >= 11 is 0. The van der Waals surface area contributed by atoms with Crippen LogP contribution in [0.2, 0.25) is 0 Å². The molecule has 0 amide bonds. The number of hydrogen-bond donors (Lipinski definition) is 1. The first-order valence-electron chi connectivity index (χ1n) is 6.45. The summed E-state index contributed by atoms with van der Waals surface area (Å²) in [4.78, 5) is 0. The third-order valence-electron chi connectivity index (χ3n) is 3.27. The molecule has 2 atom stereocenters. The molecule has 4 heteroatoms. The molecule has 0 saturated carbocycles. The van der Waals surface area contributed by atoms with Gasteiger partial charge in [0.1, 0.15) is 11.9 Å². The van der Waals surface area contributed by atoms with Crippen LogP contribution >= 0.6 is 0 Å². The number of rotatable bonds is 4. The molecule has 102 valence electrons. The van der Waals surface area contributed by atoms with Crippen molar-refractivity contribution in [1.82, 2.24) is 9.78 Å². The molecule has 0 fully saturated rings. The van der Waals surface area contributed by atoms with Gasteiger partial charge >= 0.3 is 0 Å². The van der Waals surface area contributed by atoms with Crippen LogP contribution in [0.1, 0.15) is 29.7 Å². The van der Waals surface area contributed by atoms with Crippen molar-refractivity contribution >= 4 is 0 Å². The van der Waals surface area contributed by atoms with Crippen molar-refractivity contribution in [3.63, 3.8) is 0 Å². The second-order valence-corrected chi connectivity index (χ2v) is 5.09. The Morgan fingerprint density at radius 2 is 2.00 bits per heavy atom. The van der Waals surface area contributed by atoms with E-state index in [1.54, 1.807) is 10.9 Å². The van der Waals surface area contributed by atoms with Crippen molar-refractivity contribution in [2.75, 3.05) is 0 Å². The van der Waals surface area contributed by atoms with Gasteiger partial charge in [-0.15, -0.1) is 0 Å². The Kier molecular flexibility index (Phi) is 3.90. The van der Waals surface area contributed by atoms with Crippen LogP contribution < -0.4 is 10.5 Å². The van der Waals surface area contributed by atoms with E-state index in [4.69, 9.17) is 10.5 Å². The van der Waals surface area contributed by atoms with Crippen LogP contribution in [0.5, 0.6) is 5.75 Å². The largest absolute Gasteiger partial charge is 0.484 e. The molecule has 2 aromatic rings. The molecule has 19 heavy (non-hydrogen) atoms. The normalized spacial score (nSPS) is 14.2. The van der Waals surface area contributed by atoms with Crippen molar-refractivity contribution < 1.29 is 4.74 Å². The average molecular weight is 259 g/mol. The monoisotopic (exact) mass is 259 g/mol. The lowest BCUT2D eigenvalue weighted by Crippen LogP contribution is -2.28. The fourth-order valence-electron chi connectivity index (χ4n) is 2.00. The summed E-state index contributed by atoms with van der Waals surface area (Å²) in [6, 6.07) is 5.98. The number of aryl methyl sites for hydroxylation is 3. The highest BCUT2D eigenvalue weighted by molar-refractivity contribution is 5.34. The Bertz CT molecular complexity index is 560. The predicted molar refractivity (Wildman–Crippen MR) is 76.1 cm³/mol. The van der Waals surface area contributed by atoms with Crippen molar-refractivity contribution in [2.45, 2.75) is 32.9 Å². The highest BCUT2D eigenvalue weighted by Gasteiger charge is 2.20. The summed E-state index contributed by atoms with van der Waals surface area (Å²) in [5.74, 6) is 0.842. The second-order valence-electron chi connectivity index (χ2n) is 5.09. The third-order valence-corrected chi connectivity index (χ3v) is 3.27. The summed E-state index contributed by atoms with van der Waals surface area (Å²) in [7, 11) is 1.89. The van der Waals surface area contributed by atoms with Gasteiger partial charge in [0.15, 0.2) is 0 Å². The van der Waals surface area contributed by atoms with Gasteiger partial charge in [-0.05, 0) is 44.0 Å². The van der Waals surface area contributed by atoms with Gasteiger partial charge in [-0.3, -0.25) is 4.68 Å². The zero-order chi connectivity index (χ0) is 14.0. The molecule has 0 aliphatic carbocycles. The summed E-state index contributed by atoms with van der Waals surface area (Å²) in [5.41, 5.74) is 9.50. The number of hydrogen-bond acceptors (Lipinski definition) is 3. The van der Waals surface area contributed by atoms with E-state index < -0.39 is 0 Å². The number of nitrogens with zero attached hydrogens (tertiary/aromatic N) is 2. The van der Waals surface area contributed by atoms with Gasteiger partial charge in [-0.1, -0.05) is 6.07 Å². The molecule has 1 heterocycles. The molecule has 0 radical (unpaired) electrons. The third kappa shape index (κ3) is 3.15. The second kappa shape index (κ2) is 5.45. The summed E-state index contributed by atoms with van der Waals surface area (Å²) in [6.45, 7) is 6.11. The fourth-order valence-corrected chi connectivity index (χ4v) is 2.00. The summed E-state index contributed by atoms with van der Waals surface area (Å²) < 4.78 is 7.79. The SMILES string of the molecule is Cc1ccc(OC(c2cnn(C)c2)C(C)N)cc1C. The fraction of sp³-hybridized carbons (Fsp3) is 0.400. The molecule has 0 aliphatic rings. The molecule has 0 spiro atoms. The topological polar surface area (TPSA) is 53.1 Å². The zero-order valence-electron chi connectivity index (χ0n) is 11.9. The molecule has 4 nitrogen and oxygen atoms in total. The minimum absolute atomic E-state index is 0.106. The number of ether oxygens (including phenoxy) is 1. The zero-order valence-corrected chi connectivity index (χ0v) is 11.9. The maximum absolute atomic E-state index is 6.03. The summed E-state index contributed by atoms with van der Waals surface area (Å²) in [5, 5.41) is 4.17. The average Bonchev–Trinajstić information content (AvgIpc) is 2.76. The smallest absolute Gasteiger partial charge is 0.141 e. The molecule has 0 bridgehead atoms. The van der Waals surface area contributed by atoms with Crippen LogP contribution in [0.3, 0.4) is 0 Å². The Morgan fingerprint density at radius 3 is 2.53 bits per heavy atom. The van der Waals surface area contributed by atoms with Crippen molar-refractivity contribution in [1.29, 1.82) is 0 Å². The van der Waals surface area contributed by atoms with Gasteiger partial charge in [0, 0.05) is 24.8 Å². The van der Waals surface area contributed by atoms with Gasteiger partial charge in [-0.25, -0.2) is 0 Å². The molecule has 1 aromatic carbocycles. The first-order chi connectivity index (χ1) is 8.97. The van der Waals surface area contributed by atoms with E-state index in [2.05, 4.69) is 25.0 Å². The maximum atomic E-state index is 6.03. The van der Waals surface area contributed by atoms with E-state index in [0.29, 0.717) is 0 Å². The van der Waals surface area contributed by atoms with Crippen LogP contribution in [0.15, 0.2) is 30.6 Å². The first kappa shape index (κ1) is 13.6.